The first-order valence-electron chi connectivity index (χ1n) is 14.3. The van der Waals surface area contributed by atoms with Crippen LogP contribution in [0, 0.1) is 29.1 Å². The second-order valence-electron chi connectivity index (χ2n) is 12.9. The number of carbonyl (C=O) groups is 4. The van der Waals surface area contributed by atoms with E-state index in [1.807, 2.05) is 43.3 Å². The van der Waals surface area contributed by atoms with Gasteiger partial charge >= 0.3 is 17.9 Å². The molecule has 0 aromatic heterocycles. The van der Waals surface area contributed by atoms with Gasteiger partial charge in [0.1, 0.15) is 17.8 Å². The van der Waals surface area contributed by atoms with Crippen LogP contribution in [0.25, 0.3) is 0 Å². The standard InChI is InChI=1S/C32H40O8/c1-18-14-24-23(30(24,5)6)12-13-31(17-37-31)29(38-20(3)33)26-27(39-25(35)15-22-10-8-7-9-11-22)19(2)16-32(26,28(18)36)40-21(4)34/h7-11,14,19,23-24,26-27,29H,12-13,15-17H2,1-6H3/b18-14-/t19-,23-,24+,26+,27-,29?,31-,32+/m0/s1. The third kappa shape index (κ3) is 5.00. The van der Waals surface area contributed by atoms with E-state index in [4.69, 9.17) is 18.9 Å². The van der Waals surface area contributed by atoms with Crippen LogP contribution in [0.1, 0.15) is 66.4 Å². The van der Waals surface area contributed by atoms with Gasteiger partial charge in [-0.1, -0.05) is 57.2 Å². The Morgan fingerprint density at radius 3 is 2.33 bits per heavy atom. The van der Waals surface area contributed by atoms with Crippen molar-refractivity contribution in [1.82, 2.24) is 0 Å². The number of rotatable bonds is 5. The molecule has 8 atom stereocenters. The summed E-state index contributed by atoms with van der Waals surface area (Å²) in [5.41, 5.74) is -1.22. The Bertz CT molecular complexity index is 1230. The summed E-state index contributed by atoms with van der Waals surface area (Å²) in [6, 6.07) is 9.25. The summed E-state index contributed by atoms with van der Waals surface area (Å²) in [7, 11) is 0. The van der Waals surface area contributed by atoms with E-state index in [-0.39, 0.29) is 35.9 Å². The van der Waals surface area contributed by atoms with Crippen LogP contribution in [-0.2, 0) is 44.5 Å². The van der Waals surface area contributed by atoms with Crippen molar-refractivity contribution in [3.8, 4) is 0 Å². The number of ketones is 1. The lowest BCUT2D eigenvalue weighted by atomic mass is 9.74. The van der Waals surface area contributed by atoms with E-state index in [1.165, 1.54) is 13.8 Å². The molecule has 2 saturated carbocycles. The first-order valence-corrected chi connectivity index (χ1v) is 14.3. The molecule has 0 radical (unpaired) electrons. The molecule has 40 heavy (non-hydrogen) atoms. The van der Waals surface area contributed by atoms with Crippen molar-refractivity contribution in [3.63, 3.8) is 0 Å². The van der Waals surface area contributed by atoms with Crippen molar-refractivity contribution >= 4 is 23.7 Å². The van der Waals surface area contributed by atoms with Crippen molar-refractivity contribution in [3.05, 3.63) is 47.5 Å². The van der Waals surface area contributed by atoms with Gasteiger partial charge in [-0.05, 0) is 54.1 Å². The average Bonchev–Trinajstić information content (AvgIpc) is 3.73. The van der Waals surface area contributed by atoms with Crippen LogP contribution < -0.4 is 0 Å². The van der Waals surface area contributed by atoms with Crippen LogP contribution in [-0.4, -0.2) is 53.7 Å². The molecule has 1 aromatic rings. The Balaban J connectivity index is 1.61. The van der Waals surface area contributed by atoms with Crippen molar-refractivity contribution in [2.45, 2.75) is 90.6 Å². The second kappa shape index (κ2) is 10.1. The summed E-state index contributed by atoms with van der Waals surface area (Å²) in [6.07, 6.45) is 1.85. The van der Waals surface area contributed by atoms with Gasteiger partial charge in [-0.2, -0.15) is 0 Å². The monoisotopic (exact) mass is 552 g/mol. The fourth-order valence-electron chi connectivity index (χ4n) is 7.55. The van der Waals surface area contributed by atoms with Gasteiger partial charge in [0, 0.05) is 20.3 Å². The molecular weight excluding hydrogens is 512 g/mol. The molecule has 8 nitrogen and oxygen atoms in total. The molecule has 8 heteroatoms. The Labute approximate surface area is 235 Å². The topological polar surface area (TPSA) is 108 Å². The highest BCUT2D eigenvalue weighted by Crippen LogP contribution is 2.64. The SMILES string of the molecule is CC(=O)OC1[C@H]2[C@@H](OC(=O)Cc3ccccc3)[C@@H](C)C[C@]2(OC(C)=O)C(=O)/C(C)=C\[C@@H]2[C@H](CC[C@]13CO3)C2(C)C. The smallest absolute Gasteiger partial charge is 0.310 e. The van der Waals surface area contributed by atoms with E-state index in [0.717, 1.165) is 12.0 Å². The summed E-state index contributed by atoms with van der Waals surface area (Å²) in [5.74, 6) is -2.72. The lowest BCUT2D eigenvalue weighted by Crippen LogP contribution is -2.58. The molecule has 5 rings (SSSR count). The van der Waals surface area contributed by atoms with Crippen molar-refractivity contribution in [1.29, 1.82) is 0 Å². The minimum atomic E-state index is -1.68. The zero-order valence-corrected chi connectivity index (χ0v) is 24.2. The number of benzene rings is 1. The predicted molar refractivity (Wildman–Crippen MR) is 145 cm³/mol. The van der Waals surface area contributed by atoms with Gasteiger partial charge in [0.15, 0.2) is 5.60 Å². The van der Waals surface area contributed by atoms with Crippen LogP contribution in [0.4, 0.5) is 0 Å². The number of hydrogen-bond acceptors (Lipinski definition) is 8. The van der Waals surface area contributed by atoms with Gasteiger partial charge in [0.2, 0.25) is 5.78 Å². The quantitative estimate of drug-likeness (QED) is 0.301. The number of esters is 3. The molecule has 4 aliphatic rings. The highest BCUT2D eigenvalue weighted by molar-refractivity contribution is 6.03. The Kier molecular flexibility index (Phi) is 7.22. The Hall–Kier alpha value is -3.00. The zero-order valence-electron chi connectivity index (χ0n) is 24.2. The largest absolute Gasteiger partial charge is 0.461 e. The third-order valence-corrected chi connectivity index (χ3v) is 9.71. The summed E-state index contributed by atoms with van der Waals surface area (Å²) in [6.45, 7) is 11.0. The molecule has 1 unspecified atom stereocenters. The molecule has 1 saturated heterocycles. The highest BCUT2D eigenvalue weighted by Gasteiger charge is 2.71. The van der Waals surface area contributed by atoms with E-state index < -0.39 is 47.2 Å². The average molecular weight is 553 g/mol. The first kappa shape index (κ1) is 28.5. The summed E-state index contributed by atoms with van der Waals surface area (Å²) < 4.78 is 24.2. The molecule has 1 aromatic carbocycles. The third-order valence-electron chi connectivity index (χ3n) is 9.71. The first-order chi connectivity index (χ1) is 18.8. The van der Waals surface area contributed by atoms with Crippen LogP contribution in [0.2, 0.25) is 0 Å². The maximum absolute atomic E-state index is 14.5. The molecule has 1 heterocycles. The van der Waals surface area contributed by atoms with E-state index in [1.54, 1.807) is 6.92 Å². The summed E-state index contributed by atoms with van der Waals surface area (Å²) >= 11 is 0. The molecule has 3 aliphatic carbocycles. The molecule has 1 spiro atoms. The fraction of sp³-hybridized carbons (Fsp3) is 0.625. The number of epoxide rings is 1. The van der Waals surface area contributed by atoms with Gasteiger partial charge in [0.05, 0.1) is 18.9 Å². The van der Waals surface area contributed by atoms with Crippen molar-refractivity contribution in [2.24, 2.45) is 29.1 Å². The van der Waals surface area contributed by atoms with Gasteiger partial charge in [-0.25, -0.2) is 0 Å². The molecule has 0 N–H and O–H groups in total. The maximum Gasteiger partial charge on any atom is 0.310 e. The number of fused-ring (bicyclic) bond motifs is 2. The lowest BCUT2D eigenvalue weighted by molar-refractivity contribution is -0.190. The van der Waals surface area contributed by atoms with Crippen molar-refractivity contribution in [2.75, 3.05) is 6.61 Å². The van der Waals surface area contributed by atoms with Crippen LogP contribution in [0.3, 0.4) is 0 Å². The van der Waals surface area contributed by atoms with Gasteiger partial charge in [-0.15, -0.1) is 0 Å². The van der Waals surface area contributed by atoms with Gasteiger partial charge in [-0.3, -0.25) is 19.2 Å². The zero-order chi connectivity index (χ0) is 29.0. The molecule has 0 bridgehead atoms. The maximum atomic E-state index is 14.5. The van der Waals surface area contributed by atoms with Crippen LogP contribution in [0.5, 0.6) is 0 Å². The van der Waals surface area contributed by atoms with Crippen LogP contribution in [0.15, 0.2) is 42.0 Å². The normalized spacial score (nSPS) is 39.0. The van der Waals surface area contributed by atoms with Gasteiger partial charge in [0.25, 0.3) is 0 Å². The molecule has 0 amide bonds. The second-order valence-corrected chi connectivity index (χ2v) is 12.9. The number of Topliss-reactive ketones (excluding diaryl/α,β-unsaturated/α-hetero) is 1. The minimum Gasteiger partial charge on any atom is -0.461 e. The minimum absolute atomic E-state index is 0.0141. The van der Waals surface area contributed by atoms with E-state index >= 15 is 0 Å². The molecule has 3 fully saturated rings. The Morgan fingerprint density at radius 2 is 1.73 bits per heavy atom. The van der Waals surface area contributed by atoms with E-state index in [0.29, 0.717) is 24.5 Å². The number of carbonyl (C=O) groups excluding carboxylic acids is 4. The molecule has 216 valence electrons. The van der Waals surface area contributed by atoms with Gasteiger partial charge < -0.3 is 18.9 Å². The fourth-order valence-corrected chi connectivity index (χ4v) is 7.55. The predicted octanol–water partition coefficient (Wildman–Crippen LogP) is 4.38. The van der Waals surface area contributed by atoms with Crippen LogP contribution >= 0.6 is 0 Å². The van der Waals surface area contributed by atoms with E-state index in [2.05, 4.69) is 13.8 Å². The Morgan fingerprint density at radius 1 is 1.05 bits per heavy atom. The van der Waals surface area contributed by atoms with E-state index in [9.17, 15) is 19.2 Å². The number of hydrogen-bond donors (Lipinski definition) is 0. The molecule has 1 aliphatic heterocycles. The summed E-state index contributed by atoms with van der Waals surface area (Å²) in [5, 5.41) is 0. The molecular formula is C32H40O8. The number of ether oxygens (including phenoxy) is 4. The lowest BCUT2D eigenvalue weighted by Gasteiger charge is -2.41. The number of allylic oxidation sites excluding steroid dienone is 1. The van der Waals surface area contributed by atoms with Crippen molar-refractivity contribution < 1.29 is 38.1 Å². The highest BCUT2D eigenvalue weighted by atomic mass is 16.6. The summed E-state index contributed by atoms with van der Waals surface area (Å²) in [4.78, 5) is 52.9.